The fourth-order valence-electron chi connectivity index (χ4n) is 4.79. The summed E-state index contributed by atoms with van der Waals surface area (Å²) in [5.74, 6) is -0.0468. The zero-order chi connectivity index (χ0) is 22.2. The molecular weight excluding hydrogens is 418 g/mol. The minimum atomic E-state index is -3.65. The van der Waals surface area contributed by atoms with Gasteiger partial charge in [-0.15, -0.1) is 0 Å². The molecule has 0 bridgehead atoms. The Bertz CT molecular complexity index is 1010. The van der Waals surface area contributed by atoms with Gasteiger partial charge in [-0.2, -0.15) is 9.57 Å². The van der Waals surface area contributed by atoms with Gasteiger partial charge in [0.15, 0.2) is 0 Å². The Morgan fingerprint density at radius 2 is 1.81 bits per heavy atom. The van der Waals surface area contributed by atoms with Gasteiger partial charge in [-0.1, -0.05) is 19.8 Å². The molecule has 0 aromatic heterocycles. The number of piperazine rings is 1. The van der Waals surface area contributed by atoms with Crippen LogP contribution < -0.4 is 5.32 Å². The molecule has 1 aromatic carbocycles. The van der Waals surface area contributed by atoms with Crippen LogP contribution in [0.1, 0.15) is 38.2 Å². The first-order valence-corrected chi connectivity index (χ1v) is 12.1. The van der Waals surface area contributed by atoms with Gasteiger partial charge < -0.3 is 5.32 Å². The molecule has 1 N–H and O–H groups in total. The number of nitriles is 1. The Labute approximate surface area is 182 Å². The largest absolute Gasteiger partial charge is 0.326 e. The molecule has 0 radical (unpaired) electrons. The van der Waals surface area contributed by atoms with Crippen molar-refractivity contribution in [2.24, 2.45) is 5.92 Å². The van der Waals surface area contributed by atoms with Crippen LogP contribution in [-0.4, -0.2) is 72.8 Å². The summed E-state index contributed by atoms with van der Waals surface area (Å²) in [7, 11) is -3.65. The van der Waals surface area contributed by atoms with Crippen LogP contribution in [-0.2, 0) is 14.8 Å². The number of carbonyl (C=O) groups excluding carboxylic acids is 2. The highest BCUT2D eigenvalue weighted by Gasteiger charge is 2.55. The lowest BCUT2D eigenvalue weighted by atomic mass is 9.73. The molecule has 3 aliphatic rings. The number of hydrogen-bond donors (Lipinski definition) is 1. The number of carbonyl (C=O) groups is 2. The third kappa shape index (κ3) is 3.82. The number of urea groups is 1. The molecule has 166 valence electrons. The van der Waals surface area contributed by atoms with Crippen molar-refractivity contribution in [3.8, 4) is 6.07 Å². The molecule has 0 unspecified atom stereocenters. The van der Waals surface area contributed by atoms with Gasteiger partial charge in [0.05, 0.1) is 23.2 Å². The van der Waals surface area contributed by atoms with Crippen molar-refractivity contribution >= 4 is 22.0 Å². The van der Waals surface area contributed by atoms with Crippen molar-refractivity contribution in [2.75, 3.05) is 32.8 Å². The predicted molar refractivity (Wildman–Crippen MR) is 112 cm³/mol. The molecule has 2 atom stereocenters. The zero-order valence-electron chi connectivity index (χ0n) is 17.6. The maximum absolute atomic E-state index is 13.1. The summed E-state index contributed by atoms with van der Waals surface area (Å²) in [5, 5.41) is 11.8. The van der Waals surface area contributed by atoms with Crippen molar-refractivity contribution < 1.29 is 18.0 Å². The maximum atomic E-state index is 13.1. The van der Waals surface area contributed by atoms with Crippen molar-refractivity contribution in [2.45, 2.75) is 43.0 Å². The minimum absolute atomic E-state index is 0.108. The van der Waals surface area contributed by atoms with Crippen LogP contribution in [0.4, 0.5) is 4.79 Å². The van der Waals surface area contributed by atoms with E-state index in [1.54, 1.807) is 0 Å². The second-order valence-corrected chi connectivity index (χ2v) is 10.5. The van der Waals surface area contributed by atoms with Gasteiger partial charge in [-0.3, -0.25) is 9.69 Å². The van der Waals surface area contributed by atoms with E-state index in [0.29, 0.717) is 25.1 Å². The normalized spacial score (nSPS) is 28.0. The van der Waals surface area contributed by atoms with E-state index in [2.05, 4.69) is 5.32 Å². The Kier molecular flexibility index (Phi) is 5.77. The van der Waals surface area contributed by atoms with Gasteiger partial charge >= 0.3 is 6.03 Å². The van der Waals surface area contributed by atoms with Gasteiger partial charge in [-0.05, 0) is 43.0 Å². The average molecular weight is 446 g/mol. The standard InChI is InChI=1S/C21H27N5O4S/c1-16-4-2-3-9-21(16)19(27)26(20(28)23-21)15-24-10-12-25(13-11-24)31(29,30)18-7-5-17(14-22)6-8-18/h5-8,16H,2-4,9-13,15H2,1H3,(H,23,28)/t16-,21+/m1/s1. The van der Waals surface area contributed by atoms with Gasteiger partial charge in [0.25, 0.3) is 5.91 Å². The van der Waals surface area contributed by atoms with E-state index >= 15 is 0 Å². The first-order valence-electron chi connectivity index (χ1n) is 10.6. The van der Waals surface area contributed by atoms with E-state index in [4.69, 9.17) is 5.26 Å². The topological polar surface area (TPSA) is 114 Å². The van der Waals surface area contributed by atoms with E-state index in [1.807, 2.05) is 17.9 Å². The molecule has 31 heavy (non-hydrogen) atoms. The number of nitrogens with one attached hydrogen (secondary N) is 1. The number of hydrogen-bond acceptors (Lipinski definition) is 6. The molecule has 10 heteroatoms. The predicted octanol–water partition coefficient (Wildman–Crippen LogP) is 1.32. The molecule has 3 fully saturated rings. The van der Waals surface area contributed by atoms with Gasteiger partial charge in [-0.25, -0.2) is 18.1 Å². The third-order valence-corrected chi connectivity index (χ3v) is 8.71. The minimum Gasteiger partial charge on any atom is -0.323 e. The summed E-state index contributed by atoms with van der Waals surface area (Å²) in [6, 6.07) is 7.48. The lowest BCUT2D eigenvalue weighted by Crippen LogP contribution is -2.55. The van der Waals surface area contributed by atoms with Crippen molar-refractivity contribution in [3.05, 3.63) is 29.8 Å². The molecule has 3 amide bonds. The van der Waals surface area contributed by atoms with E-state index < -0.39 is 15.6 Å². The van der Waals surface area contributed by atoms with Crippen molar-refractivity contribution in [1.82, 2.24) is 19.4 Å². The smallest absolute Gasteiger partial charge is 0.323 e. The lowest BCUT2D eigenvalue weighted by molar-refractivity contribution is -0.135. The van der Waals surface area contributed by atoms with E-state index in [1.165, 1.54) is 33.5 Å². The first kappa shape index (κ1) is 21.7. The Balaban J connectivity index is 1.38. The monoisotopic (exact) mass is 445 g/mol. The summed E-state index contributed by atoms with van der Waals surface area (Å²) < 4.78 is 27.2. The highest BCUT2D eigenvalue weighted by molar-refractivity contribution is 7.89. The number of imide groups is 1. The fourth-order valence-corrected chi connectivity index (χ4v) is 6.21. The lowest BCUT2D eigenvalue weighted by Gasteiger charge is -2.38. The summed E-state index contributed by atoms with van der Waals surface area (Å²) in [4.78, 5) is 29.1. The Morgan fingerprint density at radius 3 is 2.42 bits per heavy atom. The molecule has 1 aliphatic carbocycles. The van der Waals surface area contributed by atoms with Crippen LogP contribution >= 0.6 is 0 Å². The van der Waals surface area contributed by atoms with Gasteiger partial charge in [0, 0.05) is 26.2 Å². The molecule has 9 nitrogen and oxygen atoms in total. The van der Waals surface area contributed by atoms with Crippen molar-refractivity contribution in [1.29, 1.82) is 5.26 Å². The number of amides is 3. The molecule has 2 saturated heterocycles. The van der Waals surface area contributed by atoms with E-state index in [9.17, 15) is 18.0 Å². The molecule has 2 heterocycles. The number of sulfonamides is 1. The van der Waals surface area contributed by atoms with E-state index in [0.717, 1.165) is 19.3 Å². The van der Waals surface area contributed by atoms with Crippen LogP contribution in [0, 0.1) is 17.2 Å². The second-order valence-electron chi connectivity index (χ2n) is 8.58. The van der Waals surface area contributed by atoms with Crippen LogP contribution in [0.15, 0.2) is 29.2 Å². The second kappa shape index (κ2) is 8.22. The Hall–Kier alpha value is -2.48. The van der Waals surface area contributed by atoms with Crippen LogP contribution in [0.25, 0.3) is 0 Å². The maximum Gasteiger partial charge on any atom is 0.326 e. The van der Waals surface area contributed by atoms with Crippen LogP contribution in [0.5, 0.6) is 0 Å². The molecule has 2 aliphatic heterocycles. The molecule has 1 aromatic rings. The number of nitrogens with zero attached hydrogens (tertiary/aromatic N) is 4. The quantitative estimate of drug-likeness (QED) is 0.700. The molecule has 4 rings (SSSR count). The molecule has 1 spiro atoms. The van der Waals surface area contributed by atoms with Crippen LogP contribution in [0.3, 0.4) is 0 Å². The fraction of sp³-hybridized carbons (Fsp3) is 0.571. The number of benzene rings is 1. The average Bonchev–Trinajstić information content (AvgIpc) is 3.01. The third-order valence-electron chi connectivity index (χ3n) is 6.80. The van der Waals surface area contributed by atoms with Gasteiger partial charge in [0.2, 0.25) is 10.0 Å². The molecule has 1 saturated carbocycles. The van der Waals surface area contributed by atoms with Crippen molar-refractivity contribution in [3.63, 3.8) is 0 Å². The molecular formula is C21H27N5O4S. The summed E-state index contributed by atoms with van der Waals surface area (Å²) in [6.07, 6.45) is 3.59. The zero-order valence-corrected chi connectivity index (χ0v) is 18.4. The van der Waals surface area contributed by atoms with Crippen LogP contribution in [0.2, 0.25) is 0 Å². The summed E-state index contributed by atoms with van der Waals surface area (Å²) in [6.45, 7) is 3.59. The first-order chi connectivity index (χ1) is 14.8. The highest BCUT2D eigenvalue weighted by Crippen LogP contribution is 2.38. The number of rotatable bonds is 4. The summed E-state index contributed by atoms with van der Waals surface area (Å²) in [5.41, 5.74) is -0.377. The SMILES string of the molecule is C[C@@H]1CCCC[C@]12NC(=O)N(CN1CCN(S(=O)(=O)c3ccc(C#N)cc3)CC1)C2=O. The summed E-state index contributed by atoms with van der Waals surface area (Å²) >= 11 is 0. The van der Waals surface area contributed by atoms with E-state index in [-0.39, 0.29) is 42.5 Å². The highest BCUT2D eigenvalue weighted by atomic mass is 32.2. The Morgan fingerprint density at radius 1 is 1.13 bits per heavy atom. The van der Waals surface area contributed by atoms with Gasteiger partial charge in [0.1, 0.15) is 5.54 Å².